The van der Waals surface area contributed by atoms with Crippen LogP contribution in [0.1, 0.15) is 5.82 Å². The van der Waals surface area contributed by atoms with Crippen molar-refractivity contribution in [3.63, 3.8) is 0 Å². The van der Waals surface area contributed by atoms with Crippen molar-refractivity contribution in [2.45, 2.75) is 0 Å². The topological polar surface area (TPSA) is 28.7 Å². The number of imidazole rings is 1. The zero-order valence-corrected chi connectivity index (χ0v) is 6.34. The Morgan fingerprint density at radius 2 is 2.17 bits per heavy atom. The number of nitrogens with zero attached hydrogens (tertiary/aromatic N) is 1. The molecule has 12 heavy (non-hydrogen) atoms. The van der Waals surface area contributed by atoms with E-state index in [4.69, 9.17) is 0 Å². The van der Waals surface area contributed by atoms with Crippen molar-refractivity contribution in [2.75, 3.05) is 0 Å². The lowest BCUT2D eigenvalue weighted by Crippen LogP contribution is -1.76. The van der Waals surface area contributed by atoms with E-state index in [1.165, 1.54) is 0 Å². The van der Waals surface area contributed by atoms with Crippen LogP contribution in [0.15, 0.2) is 30.8 Å². The summed E-state index contributed by atoms with van der Waals surface area (Å²) in [4.78, 5) is 6.79. The number of fused-ring (bicyclic) bond motifs is 1. The lowest BCUT2D eigenvalue weighted by Gasteiger charge is -1.83. The van der Waals surface area contributed by atoms with Gasteiger partial charge in [0.25, 0.3) is 0 Å². The maximum Gasteiger partial charge on any atom is 0.166 e. The monoisotopic (exact) mass is 162 g/mol. The van der Waals surface area contributed by atoms with Gasteiger partial charge in [0.05, 0.1) is 11.0 Å². The normalized spacial score (nSPS) is 10.4. The minimum Gasteiger partial charge on any atom is -0.336 e. The van der Waals surface area contributed by atoms with Gasteiger partial charge in [0, 0.05) is 0 Å². The molecule has 2 aromatic rings. The molecule has 2 nitrogen and oxygen atoms in total. The van der Waals surface area contributed by atoms with Crippen molar-refractivity contribution in [1.82, 2.24) is 9.97 Å². The largest absolute Gasteiger partial charge is 0.336 e. The number of halogens is 1. The molecule has 0 unspecified atom stereocenters. The molecule has 0 aliphatic rings. The Bertz CT molecular complexity index is 398. The summed E-state index contributed by atoms with van der Waals surface area (Å²) in [6.45, 7) is 3.16. The zero-order chi connectivity index (χ0) is 8.55. The summed E-state index contributed by atoms with van der Waals surface area (Å²) in [6.07, 6.45) is 0. The number of hydrogen-bond acceptors (Lipinski definition) is 1. The van der Waals surface area contributed by atoms with E-state index in [0.717, 1.165) is 11.0 Å². The van der Waals surface area contributed by atoms with Crippen LogP contribution in [0, 0.1) is 0 Å². The molecule has 0 aliphatic carbocycles. The minimum atomic E-state index is -0.536. The molecule has 0 radical (unpaired) electrons. The number of nitrogens with one attached hydrogen (secondary N) is 1. The first-order chi connectivity index (χ1) is 5.77. The molecule has 0 spiro atoms. The number of aromatic amines is 1. The fraction of sp³-hybridized carbons (Fsp3) is 0. The summed E-state index contributed by atoms with van der Waals surface area (Å²) in [5, 5.41) is 0. The van der Waals surface area contributed by atoms with E-state index in [0.29, 0.717) is 0 Å². The van der Waals surface area contributed by atoms with Gasteiger partial charge in [-0.3, -0.25) is 0 Å². The summed E-state index contributed by atoms with van der Waals surface area (Å²) in [6, 6.07) is 7.38. The number of benzene rings is 1. The molecule has 2 rings (SSSR count). The van der Waals surface area contributed by atoms with Crippen LogP contribution in [0.25, 0.3) is 16.9 Å². The Balaban J connectivity index is 2.70. The van der Waals surface area contributed by atoms with Crippen molar-refractivity contribution >= 4 is 16.9 Å². The summed E-state index contributed by atoms with van der Waals surface area (Å²) in [5.41, 5.74) is 1.58. The summed E-state index contributed by atoms with van der Waals surface area (Å²) < 4.78 is 12.6. The number of rotatable bonds is 1. The van der Waals surface area contributed by atoms with Crippen LogP contribution in [0.2, 0.25) is 0 Å². The zero-order valence-electron chi connectivity index (χ0n) is 6.34. The molecule has 3 heteroatoms. The van der Waals surface area contributed by atoms with Gasteiger partial charge < -0.3 is 4.98 Å². The molecule has 0 fully saturated rings. The van der Waals surface area contributed by atoms with Crippen LogP contribution in [0.3, 0.4) is 0 Å². The van der Waals surface area contributed by atoms with Crippen molar-refractivity contribution in [3.8, 4) is 0 Å². The maximum atomic E-state index is 12.6. The van der Waals surface area contributed by atoms with Gasteiger partial charge in [-0.15, -0.1) is 0 Å². The van der Waals surface area contributed by atoms with Gasteiger partial charge in [0.1, 0.15) is 0 Å². The van der Waals surface area contributed by atoms with Gasteiger partial charge in [0.15, 0.2) is 11.7 Å². The molecule has 1 aromatic heterocycles. The Kier molecular flexibility index (Phi) is 1.43. The lowest BCUT2D eigenvalue weighted by atomic mass is 10.3. The first-order valence-electron chi connectivity index (χ1n) is 3.57. The molecule has 0 aliphatic heterocycles. The molecule has 0 atom stereocenters. The molecule has 1 aromatic carbocycles. The van der Waals surface area contributed by atoms with E-state index >= 15 is 0 Å². The van der Waals surface area contributed by atoms with Crippen LogP contribution in [-0.4, -0.2) is 9.97 Å². The SMILES string of the molecule is C=C(F)c1nc2ccccc2[nH]1. The molecule has 0 saturated heterocycles. The van der Waals surface area contributed by atoms with Gasteiger partial charge in [-0.2, -0.15) is 0 Å². The molecular weight excluding hydrogens is 155 g/mol. The predicted molar refractivity (Wildman–Crippen MR) is 46.2 cm³/mol. The second-order valence-electron chi connectivity index (χ2n) is 2.51. The molecular formula is C9H7FN2. The molecule has 0 saturated carbocycles. The third-order valence-electron chi connectivity index (χ3n) is 1.65. The van der Waals surface area contributed by atoms with Crippen LogP contribution in [-0.2, 0) is 0 Å². The molecule has 0 amide bonds. The molecule has 60 valence electrons. The third-order valence-corrected chi connectivity index (χ3v) is 1.65. The second kappa shape index (κ2) is 2.44. The van der Waals surface area contributed by atoms with Crippen LogP contribution in [0.4, 0.5) is 4.39 Å². The highest BCUT2D eigenvalue weighted by atomic mass is 19.1. The van der Waals surface area contributed by atoms with Gasteiger partial charge in [-0.05, 0) is 12.1 Å². The predicted octanol–water partition coefficient (Wildman–Crippen LogP) is 2.50. The molecule has 1 heterocycles. The van der Waals surface area contributed by atoms with Crippen molar-refractivity contribution in [2.24, 2.45) is 0 Å². The third kappa shape index (κ3) is 0.993. The lowest BCUT2D eigenvalue weighted by molar-refractivity contribution is 0.750. The van der Waals surface area contributed by atoms with Crippen molar-refractivity contribution in [1.29, 1.82) is 0 Å². The Labute approximate surface area is 68.7 Å². The first kappa shape index (κ1) is 7.03. The maximum absolute atomic E-state index is 12.6. The minimum absolute atomic E-state index is 0.205. The van der Waals surface area contributed by atoms with Crippen LogP contribution < -0.4 is 0 Å². The Morgan fingerprint density at radius 1 is 1.42 bits per heavy atom. The average Bonchev–Trinajstić information content (AvgIpc) is 2.46. The smallest absolute Gasteiger partial charge is 0.166 e. The van der Waals surface area contributed by atoms with E-state index in [2.05, 4.69) is 16.5 Å². The summed E-state index contributed by atoms with van der Waals surface area (Å²) in [5.74, 6) is -0.331. The highest BCUT2D eigenvalue weighted by Gasteiger charge is 2.03. The molecule has 0 bridgehead atoms. The van der Waals surface area contributed by atoms with Crippen LogP contribution >= 0.6 is 0 Å². The quantitative estimate of drug-likeness (QED) is 0.685. The van der Waals surface area contributed by atoms with Crippen molar-refractivity contribution in [3.05, 3.63) is 36.7 Å². The fourth-order valence-electron chi connectivity index (χ4n) is 1.08. The number of aromatic nitrogens is 2. The van der Waals surface area contributed by atoms with Crippen molar-refractivity contribution < 1.29 is 4.39 Å². The van der Waals surface area contributed by atoms with E-state index in [9.17, 15) is 4.39 Å². The highest BCUT2D eigenvalue weighted by molar-refractivity contribution is 5.77. The van der Waals surface area contributed by atoms with Crippen LogP contribution in [0.5, 0.6) is 0 Å². The number of para-hydroxylation sites is 2. The van der Waals surface area contributed by atoms with E-state index < -0.39 is 5.83 Å². The number of H-pyrrole nitrogens is 1. The summed E-state index contributed by atoms with van der Waals surface area (Å²) in [7, 11) is 0. The van der Waals surface area contributed by atoms with Gasteiger partial charge in [0.2, 0.25) is 0 Å². The standard InChI is InChI=1S/C9H7FN2/c1-6(10)9-11-7-4-2-3-5-8(7)12-9/h2-5H,1H2,(H,11,12). The Morgan fingerprint density at radius 3 is 2.83 bits per heavy atom. The van der Waals surface area contributed by atoms with E-state index in [1.807, 2.05) is 24.3 Å². The summed E-state index contributed by atoms with van der Waals surface area (Å²) >= 11 is 0. The number of hydrogen-bond donors (Lipinski definition) is 1. The Hall–Kier alpha value is -1.64. The van der Waals surface area contributed by atoms with E-state index in [1.54, 1.807) is 0 Å². The highest BCUT2D eigenvalue weighted by Crippen LogP contribution is 2.15. The van der Waals surface area contributed by atoms with E-state index in [-0.39, 0.29) is 5.82 Å². The van der Waals surface area contributed by atoms with Gasteiger partial charge in [-0.1, -0.05) is 18.7 Å². The average molecular weight is 162 g/mol. The second-order valence-corrected chi connectivity index (χ2v) is 2.51. The first-order valence-corrected chi connectivity index (χ1v) is 3.57. The molecule has 1 N–H and O–H groups in total. The van der Waals surface area contributed by atoms with Gasteiger partial charge >= 0.3 is 0 Å². The fourth-order valence-corrected chi connectivity index (χ4v) is 1.08. The van der Waals surface area contributed by atoms with Gasteiger partial charge in [-0.25, -0.2) is 9.37 Å².